The monoisotopic (exact) mass is 268 g/mol. The molecule has 2 saturated carbocycles. The Morgan fingerprint density at radius 1 is 1.32 bits per heavy atom. The van der Waals surface area contributed by atoms with Gasteiger partial charge in [0.05, 0.1) is 7.11 Å². The molecule has 2 rings (SSSR count). The van der Waals surface area contributed by atoms with Crippen LogP contribution in [0.25, 0.3) is 0 Å². The number of carbonyl (C=O) groups excluding carboxylic acids is 1. The Bertz CT molecular complexity index is 299. The Labute approximate surface area is 116 Å². The summed E-state index contributed by atoms with van der Waals surface area (Å²) in [5, 5.41) is 3.40. The Hall–Kier alpha value is -0.610. The predicted octanol–water partition coefficient (Wildman–Crippen LogP) is 1.79. The Morgan fingerprint density at radius 3 is 2.47 bits per heavy atom. The molecule has 0 aromatic carbocycles. The molecular formula is C15H28N2O2. The van der Waals surface area contributed by atoms with Crippen molar-refractivity contribution < 1.29 is 9.53 Å². The van der Waals surface area contributed by atoms with Crippen LogP contribution in [0.3, 0.4) is 0 Å². The molecule has 1 unspecified atom stereocenters. The van der Waals surface area contributed by atoms with E-state index < -0.39 is 0 Å². The molecular weight excluding hydrogens is 240 g/mol. The lowest BCUT2D eigenvalue weighted by Crippen LogP contribution is -2.43. The number of nitrogens with zero attached hydrogens (tertiary/aromatic N) is 1. The van der Waals surface area contributed by atoms with E-state index in [1.54, 1.807) is 0 Å². The van der Waals surface area contributed by atoms with E-state index in [-0.39, 0.29) is 12.0 Å². The van der Waals surface area contributed by atoms with E-state index in [1.807, 2.05) is 0 Å². The summed E-state index contributed by atoms with van der Waals surface area (Å²) in [6.45, 7) is 6.65. The summed E-state index contributed by atoms with van der Waals surface area (Å²) < 4.78 is 4.91. The minimum absolute atomic E-state index is 0.109. The van der Waals surface area contributed by atoms with Gasteiger partial charge in [0.1, 0.15) is 6.04 Å². The number of hydrogen-bond acceptors (Lipinski definition) is 4. The first-order valence-corrected chi connectivity index (χ1v) is 7.68. The molecule has 4 heteroatoms. The fourth-order valence-corrected chi connectivity index (χ4v) is 2.43. The lowest BCUT2D eigenvalue weighted by Gasteiger charge is -2.28. The second kappa shape index (κ2) is 6.71. The third-order valence-electron chi connectivity index (χ3n) is 4.12. The summed E-state index contributed by atoms with van der Waals surface area (Å²) in [4.78, 5) is 14.3. The quantitative estimate of drug-likeness (QED) is 0.647. The highest BCUT2D eigenvalue weighted by Gasteiger charge is 2.30. The summed E-state index contributed by atoms with van der Waals surface area (Å²) in [6.07, 6.45) is 6.01. The SMILES string of the molecule is COC(=O)C(CCN(CC1CC1)C(C)C)NC1CC1. The van der Waals surface area contributed by atoms with Crippen LogP contribution < -0.4 is 5.32 Å². The summed E-state index contributed by atoms with van der Waals surface area (Å²) in [7, 11) is 1.48. The van der Waals surface area contributed by atoms with Gasteiger partial charge in [-0.1, -0.05) is 0 Å². The smallest absolute Gasteiger partial charge is 0.322 e. The van der Waals surface area contributed by atoms with E-state index >= 15 is 0 Å². The van der Waals surface area contributed by atoms with Gasteiger partial charge < -0.3 is 15.0 Å². The van der Waals surface area contributed by atoms with Crippen molar-refractivity contribution in [1.29, 1.82) is 0 Å². The molecule has 0 heterocycles. The van der Waals surface area contributed by atoms with Crippen molar-refractivity contribution in [3.8, 4) is 0 Å². The van der Waals surface area contributed by atoms with E-state index in [4.69, 9.17) is 4.74 Å². The molecule has 0 aliphatic heterocycles. The van der Waals surface area contributed by atoms with Crippen LogP contribution in [0.15, 0.2) is 0 Å². The van der Waals surface area contributed by atoms with Crippen LogP contribution in [0.4, 0.5) is 0 Å². The van der Waals surface area contributed by atoms with Gasteiger partial charge in [-0.05, 0) is 51.9 Å². The van der Waals surface area contributed by atoms with Gasteiger partial charge in [-0.15, -0.1) is 0 Å². The number of esters is 1. The summed E-state index contributed by atoms with van der Waals surface area (Å²) in [5.41, 5.74) is 0. The maximum absolute atomic E-state index is 11.8. The standard InChI is InChI=1S/C15H28N2O2/c1-11(2)17(10-12-4-5-12)9-8-14(15(18)19-3)16-13-6-7-13/h11-14,16H,4-10H2,1-3H3. The lowest BCUT2D eigenvalue weighted by atomic mass is 10.1. The number of carbonyl (C=O) groups is 1. The predicted molar refractivity (Wildman–Crippen MR) is 76.0 cm³/mol. The van der Waals surface area contributed by atoms with Crippen LogP contribution in [0.5, 0.6) is 0 Å². The topological polar surface area (TPSA) is 41.6 Å². The molecule has 4 nitrogen and oxygen atoms in total. The van der Waals surface area contributed by atoms with Crippen molar-refractivity contribution in [1.82, 2.24) is 10.2 Å². The summed E-state index contributed by atoms with van der Waals surface area (Å²) >= 11 is 0. The number of methoxy groups -OCH3 is 1. The fourth-order valence-electron chi connectivity index (χ4n) is 2.43. The minimum atomic E-state index is -0.127. The third-order valence-corrected chi connectivity index (χ3v) is 4.12. The van der Waals surface area contributed by atoms with E-state index in [0.717, 1.165) is 18.9 Å². The molecule has 110 valence electrons. The number of rotatable bonds is 9. The number of hydrogen-bond donors (Lipinski definition) is 1. The first-order valence-electron chi connectivity index (χ1n) is 7.68. The van der Waals surface area contributed by atoms with Crippen LogP contribution in [0, 0.1) is 5.92 Å². The van der Waals surface area contributed by atoms with Gasteiger partial charge >= 0.3 is 5.97 Å². The van der Waals surface area contributed by atoms with Crippen molar-refractivity contribution in [2.75, 3.05) is 20.2 Å². The zero-order chi connectivity index (χ0) is 13.8. The maximum atomic E-state index is 11.8. The average Bonchev–Trinajstić information content (AvgIpc) is 3.25. The van der Waals surface area contributed by atoms with Crippen molar-refractivity contribution in [3.05, 3.63) is 0 Å². The van der Waals surface area contributed by atoms with Crippen LogP contribution in [0.2, 0.25) is 0 Å². The normalized spacial score (nSPS) is 20.9. The maximum Gasteiger partial charge on any atom is 0.322 e. The van der Waals surface area contributed by atoms with Crippen LogP contribution in [0.1, 0.15) is 46.0 Å². The van der Waals surface area contributed by atoms with E-state index in [2.05, 4.69) is 24.1 Å². The second-order valence-electron chi connectivity index (χ2n) is 6.34. The highest BCUT2D eigenvalue weighted by Crippen LogP contribution is 2.30. The zero-order valence-electron chi connectivity index (χ0n) is 12.5. The largest absolute Gasteiger partial charge is 0.468 e. The van der Waals surface area contributed by atoms with Gasteiger partial charge in [0, 0.05) is 25.2 Å². The van der Waals surface area contributed by atoms with Gasteiger partial charge in [-0.2, -0.15) is 0 Å². The highest BCUT2D eigenvalue weighted by atomic mass is 16.5. The molecule has 1 N–H and O–H groups in total. The number of nitrogens with one attached hydrogen (secondary N) is 1. The van der Waals surface area contributed by atoms with Gasteiger partial charge in [-0.3, -0.25) is 4.79 Å². The lowest BCUT2D eigenvalue weighted by molar-refractivity contribution is -0.143. The molecule has 0 amide bonds. The molecule has 0 radical (unpaired) electrons. The Balaban J connectivity index is 1.78. The Morgan fingerprint density at radius 2 is 2.00 bits per heavy atom. The van der Waals surface area contributed by atoms with E-state index in [9.17, 15) is 4.79 Å². The number of ether oxygens (including phenoxy) is 1. The summed E-state index contributed by atoms with van der Waals surface area (Å²) in [5.74, 6) is 0.789. The minimum Gasteiger partial charge on any atom is -0.468 e. The van der Waals surface area contributed by atoms with Gasteiger partial charge in [0.2, 0.25) is 0 Å². The molecule has 0 spiro atoms. The van der Waals surface area contributed by atoms with E-state index in [1.165, 1.54) is 39.3 Å². The molecule has 2 fully saturated rings. The van der Waals surface area contributed by atoms with Crippen LogP contribution in [-0.4, -0.2) is 49.2 Å². The molecule has 2 aliphatic carbocycles. The molecule has 0 aromatic heterocycles. The highest BCUT2D eigenvalue weighted by molar-refractivity contribution is 5.75. The van der Waals surface area contributed by atoms with Crippen LogP contribution in [-0.2, 0) is 9.53 Å². The third kappa shape index (κ3) is 5.11. The second-order valence-corrected chi connectivity index (χ2v) is 6.34. The molecule has 0 bridgehead atoms. The van der Waals surface area contributed by atoms with Crippen molar-refractivity contribution in [2.45, 2.75) is 64.1 Å². The zero-order valence-corrected chi connectivity index (χ0v) is 12.5. The van der Waals surface area contributed by atoms with Gasteiger partial charge in [0.25, 0.3) is 0 Å². The molecule has 2 aliphatic rings. The van der Waals surface area contributed by atoms with Crippen molar-refractivity contribution >= 4 is 5.97 Å². The molecule has 0 saturated heterocycles. The fraction of sp³-hybridized carbons (Fsp3) is 0.933. The van der Waals surface area contributed by atoms with Crippen molar-refractivity contribution in [2.24, 2.45) is 5.92 Å². The summed E-state index contributed by atoms with van der Waals surface area (Å²) in [6, 6.07) is 0.970. The van der Waals surface area contributed by atoms with Crippen LogP contribution >= 0.6 is 0 Å². The van der Waals surface area contributed by atoms with E-state index in [0.29, 0.717) is 12.1 Å². The Kier molecular flexibility index (Phi) is 5.22. The van der Waals surface area contributed by atoms with Gasteiger partial charge in [0.15, 0.2) is 0 Å². The van der Waals surface area contributed by atoms with Crippen molar-refractivity contribution in [3.63, 3.8) is 0 Å². The molecule has 19 heavy (non-hydrogen) atoms. The average molecular weight is 268 g/mol. The molecule has 0 aromatic rings. The van der Waals surface area contributed by atoms with Gasteiger partial charge in [-0.25, -0.2) is 0 Å². The molecule has 1 atom stereocenters. The first-order chi connectivity index (χ1) is 9.10. The first kappa shape index (κ1) is 14.8.